The van der Waals surface area contributed by atoms with Crippen LogP contribution in [0.1, 0.15) is 29.8 Å². The summed E-state index contributed by atoms with van der Waals surface area (Å²) in [5.41, 5.74) is 3.27. The second kappa shape index (κ2) is 5.05. The maximum atomic E-state index is 11.3. The van der Waals surface area contributed by atoms with Crippen LogP contribution in [0.3, 0.4) is 0 Å². The van der Waals surface area contributed by atoms with Crippen molar-refractivity contribution in [3.8, 4) is 0 Å². The van der Waals surface area contributed by atoms with E-state index < -0.39 is 0 Å². The predicted octanol–water partition coefficient (Wildman–Crippen LogP) is 3.81. The molecule has 1 aliphatic heterocycles. The second-order valence-corrected chi connectivity index (χ2v) is 5.78. The van der Waals surface area contributed by atoms with Gasteiger partial charge >= 0.3 is 0 Å². The van der Waals surface area contributed by atoms with Gasteiger partial charge in [-0.25, -0.2) is 0 Å². The third kappa shape index (κ3) is 2.63. The zero-order valence-corrected chi connectivity index (χ0v) is 11.6. The second-order valence-electron chi connectivity index (χ2n) is 4.80. The number of hydrogen-bond donors (Lipinski definition) is 2. The molecule has 0 radical (unpaired) electrons. The first kappa shape index (κ1) is 12.2. The predicted molar refractivity (Wildman–Crippen MR) is 79.7 cm³/mol. The van der Waals surface area contributed by atoms with E-state index in [1.165, 1.54) is 10.4 Å². The van der Waals surface area contributed by atoms with Crippen molar-refractivity contribution in [3.05, 3.63) is 46.2 Å². The summed E-state index contributed by atoms with van der Waals surface area (Å²) in [5, 5.41) is 8.50. The molecule has 19 heavy (non-hydrogen) atoms. The minimum absolute atomic E-state index is 0.111. The van der Waals surface area contributed by atoms with Crippen LogP contribution in [0.2, 0.25) is 0 Å². The molecule has 3 nitrogen and oxygen atoms in total. The van der Waals surface area contributed by atoms with Crippen molar-refractivity contribution >= 4 is 28.6 Å². The van der Waals surface area contributed by atoms with Gasteiger partial charge in [0, 0.05) is 22.7 Å². The maximum Gasteiger partial charge on any atom is 0.224 e. The van der Waals surface area contributed by atoms with Crippen molar-refractivity contribution in [2.24, 2.45) is 0 Å². The van der Waals surface area contributed by atoms with Gasteiger partial charge in [0.05, 0.1) is 6.04 Å². The topological polar surface area (TPSA) is 41.1 Å². The Hall–Kier alpha value is -1.81. The minimum Gasteiger partial charge on any atom is -0.378 e. The molecular weight excluding hydrogens is 256 g/mol. The third-order valence-corrected chi connectivity index (χ3v) is 4.41. The molecule has 4 heteroatoms. The van der Waals surface area contributed by atoms with E-state index in [1.807, 2.05) is 12.1 Å². The van der Waals surface area contributed by atoms with E-state index in [-0.39, 0.29) is 5.91 Å². The average Bonchev–Trinajstić information content (AvgIpc) is 2.93. The van der Waals surface area contributed by atoms with Gasteiger partial charge in [0.1, 0.15) is 0 Å². The zero-order valence-electron chi connectivity index (χ0n) is 10.8. The number of amides is 1. The lowest BCUT2D eigenvalue weighted by molar-refractivity contribution is -0.116. The normalized spacial score (nSPS) is 15.5. The smallest absolute Gasteiger partial charge is 0.224 e. The summed E-state index contributed by atoms with van der Waals surface area (Å²) in [6.07, 6.45) is 1.40. The van der Waals surface area contributed by atoms with Crippen LogP contribution in [-0.4, -0.2) is 5.91 Å². The standard InChI is InChI=1S/C15H16N2OS/c1-10(14-3-2-8-19-14)16-12-5-6-13-11(9-12)4-7-15(18)17-13/h2-3,5-6,8-10,16H,4,7H2,1H3,(H,17,18). The maximum absolute atomic E-state index is 11.3. The van der Waals surface area contributed by atoms with E-state index in [4.69, 9.17) is 0 Å². The molecule has 1 unspecified atom stereocenters. The van der Waals surface area contributed by atoms with E-state index in [2.05, 4.69) is 41.1 Å². The zero-order chi connectivity index (χ0) is 13.2. The van der Waals surface area contributed by atoms with Crippen LogP contribution in [0, 0.1) is 0 Å². The van der Waals surface area contributed by atoms with Crippen LogP contribution in [0.4, 0.5) is 11.4 Å². The van der Waals surface area contributed by atoms with E-state index in [1.54, 1.807) is 11.3 Å². The highest BCUT2D eigenvalue weighted by atomic mass is 32.1. The summed E-state index contributed by atoms with van der Waals surface area (Å²) in [4.78, 5) is 12.6. The Morgan fingerprint density at radius 2 is 2.21 bits per heavy atom. The van der Waals surface area contributed by atoms with Crippen LogP contribution in [0.5, 0.6) is 0 Å². The molecule has 0 bridgehead atoms. The number of carbonyl (C=O) groups excluding carboxylic acids is 1. The van der Waals surface area contributed by atoms with Gasteiger partial charge in [-0.2, -0.15) is 0 Å². The summed E-state index contributed by atoms with van der Waals surface area (Å²) in [6.45, 7) is 2.16. The average molecular weight is 272 g/mol. The Balaban J connectivity index is 1.77. The van der Waals surface area contributed by atoms with Gasteiger partial charge in [0.15, 0.2) is 0 Å². The molecule has 2 aromatic rings. The van der Waals surface area contributed by atoms with Gasteiger partial charge in [0.2, 0.25) is 5.91 Å². The van der Waals surface area contributed by atoms with Crippen molar-refractivity contribution in [2.75, 3.05) is 10.6 Å². The number of hydrogen-bond acceptors (Lipinski definition) is 3. The number of nitrogens with one attached hydrogen (secondary N) is 2. The van der Waals surface area contributed by atoms with Crippen LogP contribution < -0.4 is 10.6 Å². The molecule has 2 N–H and O–H groups in total. The molecule has 0 aliphatic carbocycles. The van der Waals surface area contributed by atoms with Crippen molar-refractivity contribution in [2.45, 2.75) is 25.8 Å². The van der Waals surface area contributed by atoms with Crippen LogP contribution in [0.15, 0.2) is 35.7 Å². The number of aryl methyl sites for hydroxylation is 1. The Morgan fingerprint density at radius 1 is 1.32 bits per heavy atom. The molecule has 1 atom stereocenters. The monoisotopic (exact) mass is 272 g/mol. The number of rotatable bonds is 3. The summed E-state index contributed by atoms with van der Waals surface area (Å²) in [7, 11) is 0. The number of anilines is 2. The summed E-state index contributed by atoms with van der Waals surface area (Å²) >= 11 is 1.76. The molecule has 0 fully saturated rings. The van der Waals surface area contributed by atoms with Crippen LogP contribution in [-0.2, 0) is 11.2 Å². The fourth-order valence-corrected chi connectivity index (χ4v) is 3.07. The van der Waals surface area contributed by atoms with Gasteiger partial charge in [-0.3, -0.25) is 4.79 Å². The van der Waals surface area contributed by atoms with Gasteiger partial charge in [0.25, 0.3) is 0 Å². The van der Waals surface area contributed by atoms with Gasteiger partial charge in [-0.15, -0.1) is 11.3 Å². The number of fused-ring (bicyclic) bond motifs is 1. The molecular formula is C15H16N2OS. The van der Waals surface area contributed by atoms with Crippen molar-refractivity contribution < 1.29 is 4.79 Å². The first-order valence-electron chi connectivity index (χ1n) is 6.45. The first-order chi connectivity index (χ1) is 9.22. The molecule has 0 saturated heterocycles. The number of carbonyl (C=O) groups is 1. The van der Waals surface area contributed by atoms with E-state index in [0.717, 1.165) is 17.8 Å². The Kier molecular flexibility index (Phi) is 3.25. The largest absolute Gasteiger partial charge is 0.378 e. The molecule has 2 heterocycles. The Labute approximate surface area is 116 Å². The summed E-state index contributed by atoms with van der Waals surface area (Å²) < 4.78 is 0. The van der Waals surface area contributed by atoms with Gasteiger partial charge in [-0.05, 0) is 48.6 Å². The van der Waals surface area contributed by atoms with Gasteiger partial charge in [-0.1, -0.05) is 6.07 Å². The number of thiophene rings is 1. The highest BCUT2D eigenvalue weighted by Crippen LogP contribution is 2.28. The molecule has 1 aromatic heterocycles. The van der Waals surface area contributed by atoms with Crippen molar-refractivity contribution in [1.82, 2.24) is 0 Å². The summed E-state index contributed by atoms with van der Waals surface area (Å²) in [5.74, 6) is 0.111. The van der Waals surface area contributed by atoms with Crippen LogP contribution in [0.25, 0.3) is 0 Å². The molecule has 1 aliphatic rings. The molecule has 3 rings (SSSR count). The fourth-order valence-electron chi connectivity index (χ4n) is 2.33. The highest BCUT2D eigenvalue weighted by molar-refractivity contribution is 7.10. The van der Waals surface area contributed by atoms with Crippen molar-refractivity contribution in [3.63, 3.8) is 0 Å². The summed E-state index contributed by atoms with van der Waals surface area (Å²) in [6, 6.07) is 10.7. The minimum atomic E-state index is 0.111. The first-order valence-corrected chi connectivity index (χ1v) is 7.33. The van der Waals surface area contributed by atoms with E-state index in [9.17, 15) is 4.79 Å². The van der Waals surface area contributed by atoms with Gasteiger partial charge < -0.3 is 10.6 Å². The molecule has 98 valence electrons. The molecule has 0 saturated carbocycles. The quantitative estimate of drug-likeness (QED) is 0.892. The van der Waals surface area contributed by atoms with Crippen LogP contribution >= 0.6 is 11.3 Å². The fraction of sp³-hybridized carbons (Fsp3) is 0.267. The lowest BCUT2D eigenvalue weighted by Gasteiger charge is -2.19. The SMILES string of the molecule is CC(Nc1ccc2c(c1)CCC(=O)N2)c1cccs1. The Bertz CT molecular complexity index is 592. The lowest BCUT2D eigenvalue weighted by atomic mass is 10.0. The van der Waals surface area contributed by atoms with Crippen molar-refractivity contribution in [1.29, 1.82) is 0 Å². The molecule has 0 spiro atoms. The van der Waals surface area contributed by atoms with E-state index >= 15 is 0 Å². The van der Waals surface area contributed by atoms with E-state index in [0.29, 0.717) is 12.5 Å². The third-order valence-electron chi connectivity index (χ3n) is 3.35. The Morgan fingerprint density at radius 3 is 3.00 bits per heavy atom. The molecule has 1 aromatic carbocycles. The highest BCUT2D eigenvalue weighted by Gasteiger charge is 2.15. The molecule has 1 amide bonds. The number of benzene rings is 1. The lowest BCUT2D eigenvalue weighted by Crippen LogP contribution is -2.19.